The molecule has 19 heavy (non-hydrogen) atoms. The molecule has 0 amide bonds. The van der Waals surface area contributed by atoms with Gasteiger partial charge in [-0.05, 0) is 19.1 Å². The van der Waals surface area contributed by atoms with E-state index in [4.69, 9.17) is 9.47 Å². The molecule has 2 N–H and O–H groups in total. The SMILES string of the molecule is COCC(C)(O)CNS(=O)(=O)c1cccc(OC)c1. The molecular formula is C12H19NO5S. The lowest BCUT2D eigenvalue weighted by Crippen LogP contribution is -2.43. The Hall–Kier alpha value is -1.15. The Morgan fingerprint density at radius 1 is 1.37 bits per heavy atom. The van der Waals surface area contributed by atoms with Crippen molar-refractivity contribution in [3.05, 3.63) is 24.3 Å². The van der Waals surface area contributed by atoms with Crippen molar-refractivity contribution in [1.82, 2.24) is 4.72 Å². The third-order valence-corrected chi connectivity index (χ3v) is 3.85. The highest BCUT2D eigenvalue weighted by atomic mass is 32.2. The number of nitrogens with one attached hydrogen (secondary N) is 1. The van der Waals surface area contributed by atoms with Crippen LogP contribution in [0.3, 0.4) is 0 Å². The van der Waals surface area contributed by atoms with E-state index in [0.29, 0.717) is 5.75 Å². The van der Waals surface area contributed by atoms with Crippen LogP contribution in [0.2, 0.25) is 0 Å². The van der Waals surface area contributed by atoms with E-state index in [1.807, 2.05) is 0 Å². The smallest absolute Gasteiger partial charge is 0.240 e. The molecule has 0 aliphatic rings. The predicted molar refractivity (Wildman–Crippen MR) is 70.7 cm³/mol. The highest BCUT2D eigenvalue weighted by Crippen LogP contribution is 2.17. The van der Waals surface area contributed by atoms with Gasteiger partial charge in [0.1, 0.15) is 5.75 Å². The first kappa shape index (κ1) is 15.9. The first-order valence-corrected chi connectivity index (χ1v) is 7.14. The Morgan fingerprint density at radius 3 is 2.63 bits per heavy atom. The second-order valence-corrected chi connectivity index (χ2v) is 6.20. The Labute approximate surface area is 113 Å². The summed E-state index contributed by atoms with van der Waals surface area (Å²) in [4.78, 5) is 0.0834. The first-order valence-electron chi connectivity index (χ1n) is 5.66. The number of benzene rings is 1. The molecule has 0 aliphatic carbocycles. The van der Waals surface area contributed by atoms with Crippen LogP contribution >= 0.6 is 0 Å². The van der Waals surface area contributed by atoms with E-state index >= 15 is 0 Å². The van der Waals surface area contributed by atoms with E-state index in [9.17, 15) is 13.5 Å². The van der Waals surface area contributed by atoms with Gasteiger partial charge < -0.3 is 14.6 Å². The van der Waals surface area contributed by atoms with Crippen LogP contribution in [-0.4, -0.2) is 46.5 Å². The van der Waals surface area contributed by atoms with E-state index in [0.717, 1.165) is 0 Å². The van der Waals surface area contributed by atoms with E-state index in [1.54, 1.807) is 12.1 Å². The Bertz CT molecular complexity index is 513. The molecule has 0 aliphatic heterocycles. The third kappa shape index (κ3) is 4.79. The average Bonchev–Trinajstić information content (AvgIpc) is 2.37. The molecule has 0 saturated heterocycles. The van der Waals surface area contributed by atoms with Crippen molar-refractivity contribution in [3.8, 4) is 5.75 Å². The van der Waals surface area contributed by atoms with E-state index in [-0.39, 0.29) is 18.0 Å². The summed E-state index contributed by atoms with van der Waals surface area (Å²) in [6.07, 6.45) is 0. The Balaban J connectivity index is 2.81. The van der Waals surface area contributed by atoms with Gasteiger partial charge in [0.05, 0.1) is 24.2 Å². The molecule has 1 unspecified atom stereocenters. The standard InChI is InChI=1S/C12H19NO5S/c1-12(14,9-17-2)8-13-19(15,16)11-6-4-5-10(7-11)18-3/h4-7,13-14H,8-9H2,1-3H3. The Kier molecular flexibility index (Phi) is 5.30. The highest BCUT2D eigenvalue weighted by Gasteiger charge is 2.24. The predicted octanol–water partition coefficient (Wildman–Crippen LogP) is 0.371. The van der Waals surface area contributed by atoms with Crippen molar-refractivity contribution < 1.29 is 23.0 Å². The normalized spacial score (nSPS) is 14.9. The number of aliphatic hydroxyl groups is 1. The van der Waals surface area contributed by atoms with Crippen LogP contribution in [0.1, 0.15) is 6.92 Å². The molecule has 0 saturated carbocycles. The van der Waals surface area contributed by atoms with Crippen LogP contribution in [0.25, 0.3) is 0 Å². The molecular weight excluding hydrogens is 270 g/mol. The Morgan fingerprint density at radius 2 is 2.05 bits per heavy atom. The molecule has 0 fully saturated rings. The van der Waals surface area contributed by atoms with Gasteiger partial charge >= 0.3 is 0 Å². The van der Waals surface area contributed by atoms with Gasteiger partial charge in [0.2, 0.25) is 10.0 Å². The van der Waals surface area contributed by atoms with Gasteiger partial charge in [-0.2, -0.15) is 0 Å². The molecule has 1 rings (SSSR count). The molecule has 0 radical (unpaired) electrons. The van der Waals surface area contributed by atoms with Gasteiger partial charge in [-0.15, -0.1) is 0 Å². The van der Waals surface area contributed by atoms with E-state index in [1.165, 1.54) is 33.3 Å². The van der Waals surface area contributed by atoms with E-state index < -0.39 is 15.6 Å². The molecule has 1 aromatic rings. The quantitative estimate of drug-likeness (QED) is 0.757. The number of hydrogen-bond donors (Lipinski definition) is 2. The highest BCUT2D eigenvalue weighted by molar-refractivity contribution is 7.89. The summed E-state index contributed by atoms with van der Waals surface area (Å²) in [5.41, 5.74) is -1.26. The number of methoxy groups -OCH3 is 2. The lowest BCUT2D eigenvalue weighted by atomic mass is 10.1. The molecule has 1 aromatic carbocycles. The van der Waals surface area contributed by atoms with Crippen molar-refractivity contribution in [1.29, 1.82) is 0 Å². The zero-order valence-corrected chi connectivity index (χ0v) is 12.0. The van der Waals surface area contributed by atoms with Crippen molar-refractivity contribution in [2.45, 2.75) is 17.4 Å². The number of sulfonamides is 1. The minimum Gasteiger partial charge on any atom is -0.497 e. The lowest BCUT2D eigenvalue weighted by Gasteiger charge is -2.22. The summed E-state index contributed by atoms with van der Waals surface area (Å²) in [6, 6.07) is 6.10. The van der Waals surface area contributed by atoms with Gasteiger partial charge in [-0.25, -0.2) is 13.1 Å². The van der Waals surface area contributed by atoms with Crippen LogP contribution in [0.15, 0.2) is 29.2 Å². The summed E-state index contributed by atoms with van der Waals surface area (Å²) in [7, 11) is -0.794. The second-order valence-electron chi connectivity index (χ2n) is 4.43. The summed E-state index contributed by atoms with van der Waals surface area (Å²) in [5, 5.41) is 9.85. The fourth-order valence-corrected chi connectivity index (χ4v) is 2.66. The summed E-state index contributed by atoms with van der Waals surface area (Å²) in [5.74, 6) is 0.450. The van der Waals surface area contributed by atoms with Crippen molar-refractivity contribution >= 4 is 10.0 Å². The molecule has 6 nitrogen and oxygen atoms in total. The fourth-order valence-electron chi connectivity index (χ4n) is 1.46. The van der Waals surface area contributed by atoms with Gasteiger partial charge in [0.25, 0.3) is 0 Å². The molecule has 7 heteroatoms. The second kappa shape index (κ2) is 6.33. The molecule has 1 atom stereocenters. The van der Waals surface area contributed by atoms with Crippen LogP contribution in [0.5, 0.6) is 5.75 Å². The maximum absolute atomic E-state index is 12.0. The van der Waals surface area contributed by atoms with Gasteiger partial charge in [-0.3, -0.25) is 0 Å². The zero-order valence-electron chi connectivity index (χ0n) is 11.2. The minimum absolute atomic E-state index is 0.0353. The topological polar surface area (TPSA) is 84.9 Å². The van der Waals surface area contributed by atoms with Gasteiger partial charge in [-0.1, -0.05) is 6.07 Å². The van der Waals surface area contributed by atoms with Crippen LogP contribution in [0.4, 0.5) is 0 Å². The molecule has 0 bridgehead atoms. The van der Waals surface area contributed by atoms with Gasteiger partial charge in [0, 0.05) is 19.7 Å². The van der Waals surface area contributed by atoms with Crippen molar-refractivity contribution in [2.75, 3.05) is 27.4 Å². The zero-order chi connectivity index (χ0) is 14.5. The van der Waals surface area contributed by atoms with Crippen molar-refractivity contribution in [2.24, 2.45) is 0 Å². The summed E-state index contributed by atoms with van der Waals surface area (Å²) >= 11 is 0. The van der Waals surface area contributed by atoms with Crippen molar-refractivity contribution in [3.63, 3.8) is 0 Å². The average molecular weight is 289 g/mol. The maximum atomic E-state index is 12.0. The lowest BCUT2D eigenvalue weighted by molar-refractivity contribution is -0.0119. The summed E-state index contributed by atoms with van der Waals surface area (Å²) < 4.78 is 36.2. The molecule has 108 valence electrons. The molecule has 0 spiro atoms. The van der Waals surface area contributed by atoms with E-state index in [2.05, 4.69) is 4.72 Å². The monoisotopic (exact) mass is 289 g/mol. The van der Waals surface area contributed by atoms with Gasteiger partial charge in [0.15, 0.2) is 0 Å². The van der Waals surface area contributed by atoms with Crippen LogP contribution in [0, 0.1) is 0 Å². The summed E-state index contributed by atoms with van der Waals surface area (Å²) in [6.45, 7) is 1.39. The number of rotatable bonds is 7. The largest absolute Gasteiger partial charge is 0.497 e. The number of ether oxygens (including phenoxy) is 2. The minimum atomic E-state index is -3.69. The first-order chi connectivity index (χ1) is 8.80. The maximum Gasteiger partial charge on any atom is 0.240 e. The third-order valence-electron chi connectivity index (χ3n) is 2.45. The van der Waals surface area contributed by atoms with Crippen LogP contribution < -0.4 is 9.46 Å². The number of hydrogen-bond acceptors (Lipinski definition) is 5. The van der Waals surface area contributed by atoms with Crippen LogP contribution in [-0.2, 0) is 14.8 Å². The molecule has 0 heterocycles. The fraction of sp³-hybridized carbons (Fsp3) is 0.500. The molecule has 0 aromatic heterocycles.